The maximum atomic E-state index is 12.3. The van der Waals surface area contributed by atoms with Crippen molar-refractivity contribution in [2.75, 3.05) is 6.54 Å². The SMILES string of the molecule is NCC(NC(=O)c1cc(I)ccc1Br)C1CCCC1. The first-order chi connectivity index (χ1) is 9.11. The fourth-order valence-corrected chi connectivity index (χ4v) is 3.56. The van der Waals surface area contributed by atoms with Crippen LogP contribution in [0.15, 0.2) is 22.7 Å². The van der Waals surface area contributed by atoms with Crippen LogP contribution in [-0.2, 0) is 0 Å². The number of carbonyl (C=O) groups is 1. The lowest BCUT2D eigenvalue weighted by Gasteiger charge is -2.23. The average Bonchev–Trinajstić information content (AvgIpc) is 2.92. The van der Waals surface area contributed by atoms with Crippen LogP contribution < -0.4 is 11.1 Å². The molecule has 0 radical (unpaired) electrons. The minimum Gasteiger partial charge on any atom is -0.348 e. The number of rotatable bonds is 4. The molecule has 1 aromatic carbocycles. The van der Waals surface area contributed by atoms with Crippen LogP contribution in [0, 0.1) is 9.49 Å². The summed E-state index contributed by atoms with van der Waals surface area (Å²) >= 11 is 5.64. The molecule has 3 N–H and O–H groups in total. The van der Waals surface area contributed by atoms with Gasteiger partial charge in [0.25, 0.3) is 5.91 Å². The summed E-state index contributed by atoms with van der Waals surface area (Å²) in [5.41, 5.74) is 6.50. The number of benzene rings is 1. The van der Waals surface area contributed by atoms with Gasteiger partial charge in [-0.05, 0) is 75.5 Å². The topological polar surface area (TPSA) is 55.1 Å². The van der Waals surface area contributed by atoms with Crippen molar-refractivity contribution < 1.29 is 4.79 Å². The van der Waals surface area contributed by atoms with Crippen LogP contribution in [0.4, 0.5) is 0 Å². The molecule has 1 aliphatic rings. The third-order valence-corrected chi connectivity index (χ3v) is 5.07. The van der Waals surface area contributed by atoms with Gasteiger partial charge < -0.3 is 11.1 Å². The average molecular weight is 437 g/mol. The number of nitrogens with two attached hydrogens (primary N) is 1. The molecule has 0 aromatic heterocycles. The van der Waals surface area contributed by atoms with E-state index in [0.29, 0.717) is 18.0 Å². The van der Waals surface area contributed by atoms with Crippen LogP contribution >= 0.6 is 38.5 Å². The molecule has 19 heavy (non-hydrogen) atoms. The molecule has 104 valence electrons. The smallest absolute Gasteiger partial charge is 0.252 e. The van der Waals surface area contributed by atoms with Gasteiger partial charge in [-0.1, -0.05) is 12.8 Å². The van der Waals surface area contributed by atoms with Crippen LogP contribution in [0.3, 0.4) is 0 Å². The Morgan fingerprint density at radius 3 is 2.79 bits per heavy atom. The van der Waals surface area contributed by atoms with E-state index < -0.39 is 0 Å². The minimum atomic E-state index is -0.0345. The zero-order valence-electron chi connectivity index (χ0n) is 10.7. The molecule has 1 unspecified atom stereocenters. The fourth-order valence-electron chi connectivity index (χ4n) is 2.65. The first-order valence-electron chi connectivity index (χ1n) is 6.58. The standard InChI is InChI=1S/C14H18BrIN2O/c15-12-6-5-10(16)7-11(12)14(19)18-13(8-17)9-3-1-2-4-9/h5-7,9,13H,1-4,8,17H2,(H,18,19). The van der Waals surface area contributed by atoms with Gasteiger partial charge in [-0.25, -0.2) is 0 Å². The zero-order valence-corrected chi connectivity index (χ0v) is 14.4. The van der Waals surface area contributed by atoms with Gasteiger partial charge in [-0.3, -0.25) is 4.79 Å². The van der Waals surface area contributed by atoms with Crippen LogP contribution in [0.1, 0.15) is 36.0 Å². The number of carbonyl (C=O) groups excluding carboxylic acids is 1. The molecular formula is C14H18BrIN2O. The van der Waals surface area contributed by atoms with E-state index in [1.54, 1.807) is 0 Å². The summed E-state index contributed by atoms with van der Waals surface area (Å²) < 4.78 is 1.88. The van der Waals surface area contributed by atoms with E-state index in [1.807, 2.05) is 18.2 Å². The zero-order chi connectivity index (χ0) is 13.8. The molecule has 5 heteroatoms. The van der Waals surface area contributed by atoms with Crippen LogP contribution in [0.2, 0.25) is 0 Å². The first kappa shape index (κ1) is 15.3. The molecule has 0 heterocycles. The van der Waals surface area contributed by atoms with Crippen LogP contribution in [0.25, 0.3) is 0 Å². The Bertz CT molecular complexity index is 461. The fraction of sp³-hybridized carbons (Fsp3) is 0.500. The van der Waals surface area contributed by atoms with Gasteiger partial charge in [-0.15, -0.1) is 0 Å². The number of amides is 1. The highest BCUT2D eigenvalue weighted by molar-refractivity contribution is 14.1. The van der Waals surface area contributed by atoms with E-state index in [4.69, 9.17) is 5.73 Å². The predicted molar refractivity (Wildman–Crippen MR) is 89.1 cm³/mol. The van der Waals surface area contributed by atoms with E-state index in [-0.39, 0.29) is 11.9 Å². The van der Waals surface area contributed by atoms with Crippen molar-refractivity contribution in [1.29, 1.82) is 0 Å². The van der Waals surface area contributed by atoms with Gasteiger partial charge >= 0.3 is 0 Å². The monoisotopic (exact) mass is 436 g/mol. The van der Waals surface area contributed by atoms with Gasteiger partial charge in [0.15, 0.2) is 0 Å². The van der Waals surface area contributed by atoms with Crippen LogP contribution in [-0.4, -0.2) is 18.5 Å². The Morgan fingerprint density at radius 2 is 2.16 bits per heavy atom. The summed E-state index contributed by atoms with van der Waals surface area (Å²) in [6, 6.07) is 5.87. The second-order valence-corrected chi connectivity index (χ2v) is 7.08. The normalized spacial score (nSPS) is 17.4. The molecule has 3 nitrogen and oxygen atoms in total. The second-order valence-electron chi connectivity index (χ2n) is 4.98. The van der Waals surface area contributed by atoms with Gasteiger partial charge in [0.1, 0.15) is 0 Å². The lowest BCUT2D eigenvalue weighted by Crippen LogP contribution is -2.44. The van der Waals surface area contributed by atoms with Crippen LogP contribution in [0.5, 0.6) is 0 Å². The Balaban J connectivity index is 2.08. The second kappa shape index (κ2) is 7.04. The van der Waals surface area contributed by atoms with Crippen molar-refractivity contribution in [2.45, 2.75) is 31.7 Å². The molecule has 1 aromatic rings. The van der Waals surface area contributed by atoms with Gasteiger partial charge in [-0.2, -0.15) is 0 Å². The largest absolute Gasteiger partial charge is 0.348 e. The highest BCUT2D eigenvalue weighted by Crippen LogP contribution is 2.28. The van der Waals surface area contributed by atoms with E-state index in [9.17, 15) is 4.79 Å². The Kier molecular flexibility index (Phi) is 5.65. The van der Waals surface area contributed by atoms with E-state index in [1.165, 1.54) is 25.7 Å². The van der Waals surface area contributed by atoms with Crippen molar-refractivity contribution in [3.8, 4) is 0 Å². The summed E-state index contributed by atoms with van der Waals surface area (Å²) in [7, 11) is 0. The molecule has 1 atom stereocenters. The van der Waals surface area contributed by atoms with Crippen molar-refractivity contribution in [3.05, 3.63) is 31.8 Å². The number of nitrogens with one attached hydrogen (secondary N) is 1. The molecule has 0 aliphatic heterocycles. The van der Waals surface area contributed by atoms with E-state index >= 15 is 0 Å². The summed E-state index contributed by atoms with van der Waals surface area (Å²) in [5, 5.41) is 3.10. The predicted octanol–water partition coefficient (Wildman–Crippen LogP) is 3.30. The van der Waals surface area contributed by atoms with E-state index in [0.717, 1.165) is 8.04 Å². The number of halogens is 2. The molecule has 1 saturated carbocycles. The third kappa shape index (κ3) is 3.92. The Labute approximate surface area is 136 Å². The molecule has 0 spiro atoms. The van der Waals surface area contributed by atoms with Gasteiger partial charge in [0, 0.05) is 20.6 Å². The number of hydrogen-bond donors (Lipinski definition) is 2. The minimum absolute atomic E-state index is 0.0345. The quantitative estimate of drug-likeness (QED) is 0.711. The molecule has 1 amide bonds. The van der Waals surface area contributed by atoms with Gasteiger partial charge in [0.05, 0.1) is 5.56 Å². The highest BCUT2D eigenvalue weighted by Gasteiger charge is 2.26. The highest BCUT2D eigenvalue weighted by atomic mass is 127. The summed E-state index contributed by atoms with van der Waals surface area (Å²) in [6.07, 6.45) is 4.86. The van der Waals surface area contributed by atoms with E-state index in [2.05, 4.69) is 43.8 Å². The van der Waals surface area contributed by atoms with Gasteiger partial charge in [0.2, 0.25) is 0 Å². The molecule has 1 aliphatic carbocycles. The van der Waals surface area contributed by atoms with Crippen molar-refractivity contribution in [2.24, 2.45) is 11.7 Å². The molecule has 0 bridgehead atoms. The maximum absolute atomic E-state index is 12.3. The molecule has 0 saturated heterocycles. The summed E-state index contributed by atoms with van der Waals surface area (Å²) in [6.45, 7) is 0.512. The van der Waals surface area contributed by atoms with Crippen molar-refractivity contribution in [1.82, 2.24) is 5.32 Å². The van der Waals surface area contributed by atoms with Crippen molar-refractivity contribution in [3.63, 3.8) is 0 Å². The first-order valence-corrected chi connectivity index (χ1v) is 8.45. The summed E-state index contributed by atoms with van der Waals surface area (Å²) in [5.74, 6) is 0.503. The lowest BCUT2D eigenvalue weighted by molar-refractivity contribution is 0.0923. The molecular weight excluding hydrogens is 419 g/mol. The van der Waals surface area contributed by atoms with Crippen molar-refractivity contribution >= 4 is 44.4 Å². The Morgan fingerprint density at radius 1 is 1.47 bits per heavy atom. The lowest BCUT2D eigenvalue weighted by atomic mass is 9.98. The number of hydrogen-bond acceptors (Lipinski definition) is 2. The molecule has 1 fully saturated rings. The summed E-state index contributed by atoms with van der Waals surface area (Å²) in [4.78, 5) is 12.3. The third-order valence-electron chi connectivity index (χ3n) is 3.71. The maximum Gasteiger partial charge on any atom is 0.252 e. The Hall–Kier alpha value is -0.140. The molecule has 2 rings (SSSR count).